The summed E-state index contributed by atoms with van der Waals surface area (Å²) in [6.07, 6.45) is 9.41. The highest BCUT2D eigenvalue weighted by Crippen LogP contribution is 2.24. The largest absolute Gasteiger partial charge is 0.338 e. The summed E-state index contributed by atoms with van der Waals surface area (Å²) in [5.74, 6) is -0.386. The molecule has 1 fully saturated rings. The molecule has 1 aromatic rings. The number of halogens is 1. The van der Waals surface area contributed by atoms with E-state index >= 15 is 0 Å². The number of nitrogens with one attached hydrogen (secondary N) is 3. The van der Waals surface area contributed by atoms with Gasteiger partial charge in [0, 0.05) is 38.2 Å². The quantitative estimate of drug-likeness (QED) is 0.300. The standard InChI is InChI=1S/C27H34FN5O2/c1-4-8-25(34)32-14-12-20-16-23(28)22(15-21(20)17-32)27(35)31-19(3)10-7-9-18(2)26(30)33-13-6-5-11-24(33)29/h7,9-10,15-16,29-30H,3-6,8,11-14,17H2,1-2H3,(H,31,35)/b10-7-,18-9+,29-24?,30-26?. The van der Waals surface area contributed by atoms with Gasteiger partial charge in [-0.1, -0.05) is 25.7 Å². The van der Waals surface area contributed by atoms with Gasteiger partial charge in [-0.15, -0.1) is 0 Å². The smallest absolute Gasteiger partial charge is 0.258 e. The number of amidine groups is 2. The van der Waals surface area contributed by atoms with Crippen molar-refractivity contribution in [3.63, 3.8) is 0 Å². The summed E-state index contributed by atoms with van der Waals surface area (Å²) in [5.41, 5.74) is 2.50. The zero-order valence-electron chi connectivity index (χ0n) is 20.5. The Morgan fingerprint density at radius 1 is 1.20 bits per heavy atom. The second-order valence-electron chi connectivity index (χ2n) is 9.01. The zero-order chi connectivity index (χ0) is 25.5. The molecule has 0 atom stereocenters. The molecule has 3 N–H and O–H groups in total. The number of hydrogen-bond acceptors (Lipinski definition) is 4. The first-order valence-electron chi connectivity index (χ1n) is 12.1. The van der Waals surface area contributed by atoms with Gasteiger partial charge in [-0.2, -0.15) is 0 Å². The maximum atomic E-state index is 14.7. The zero-order valence-corrected chi connectivity index (χ0v) is 20.5. The monoisotopic (exact) mass is 479 g/mol. The van der Waals surface area contributed by atoms with Gasteiger partial charge in [-0.3, -0.25) is 20.4 Å². The lowest BCUT2D eigenvalue weighted by molar-refractivity contribution is -0.132. The van der Waals surface area contributed by atoms with Crippen LogP contribution in [-0.4, -0.2) is 46.4 Å². The van der Waals surface area contributed by atoms with Gasteiger partial charge in [0.25, 0.3) is 5.91 Å². The molecule has 3 rings (SSSR count). The molecule has 2 amide bonds. The van der Waals surface area contributed by atoms with Crippen LogP contribution in [0.15, 0.2) is 48.2 Å². The Balaban J connectivity index is 1.62. The number of carbonyl (C=O) groups is 2. The van der Waals surface area contributed by atoms with E-state index in [1.54, 1.807) is 35.0 Å². The molecule has 0 aliphatic carbocycles. The highest BCUT2D eigenvalue weighted by molar-refractivity contribution is 6.06. The first-order valence-corrected chi connectivity index (χ1v) is 12.1. The summed E-state index contributed by atoms with van der Waals surface area (Å²) in [7, 11) is 0. The molecule has 2 aliphatic heterocycles. The van der Waals surface area contributed by atoms with Crippen molar-refractivity contribution in [2.45, 2.75) is 58.9 Å². The van der Waals surface area contributed by atoms with E-state index in [1.165, 1.54) is 12.1 Å². The number of carbonyl (C=O) groups excluding carboxylic acids is 2. The first-order chi connectivity index (χ1) is 16.7. The van der Waals surface area contributed by atoms with Gasteiger partial charge in [0.2, 0.25) is 5.91 Å². The lowest BCUT2D eigenvalue weighted by Crippen LogP contribution is -2.39. The van der Waals surface area contributed by atoms with Crippen LogP contribution in [0.2, 0.25) is 0 Å². The number of piperidine rings is 1. The Morgan fingerprint density at radius 2 is 1.97 bits per heavy atom. The Bertz CT molecular complexity index is 1110. The number of fused-ring (bicyclic) bond motifs is 1. The number of benzene rings is 1. The first kappa shape index (κ1) is 26.1. The van der Waals surface area contributed by atoms with E-state index in [0.29, 0.717) is 50.3 Å². The molecule has 0 bridgehead atoms. The van der Waals surface area contributed by atoms with Crippen LogP contribution >= 0.6 is 0 Å². The SMILES string of the molecule is C=C(/C=C\C=C(/C)C(=N)N1CCCCC1=N)NC(=O)c1cc2c(cc1F)CCN(C(=O)CCC)C2. The lowest BCUT2D eigenvalue weighted by atomic mass is 9.96. The lowest BCUT2D eigenvalue weighted by Gasteiger charge is -2.29. The fraction of sp³-hybridized carbons (Fsp3) is 0.407. The van der Waals surface area contributed by atoms with Crippen LogP contribution < -0.4 is 5.32 Å². The van der Waals surface area contributed by atoms with Crippen molar-refractivity contribution < 1.29 is 14.0 Å². The third-order valence-corrected chi connectivity index (χ3v) is 6.30. The van der Waals surface area contributed by atoms with Gasteiger partial charge >= 0.3 is 0 Å². The average molecular weight is 480 g/mol. The van der Waals surface area contributed by atoms with Gasteiger partial charge in [-0.05, 0) is 67.5 Å². The van der Waals surface area contributed by atoms with Gasteiger partial charge in [0.1, 0.15) is 17.5 Å². The van der Waals surface area contributed by atoms with Crippen LogP contribution in [0.1, 0.15) is 67.4 Å². The van der Waals surface area contributed by atoms with Crippen LogP contribution in [0.5, 0.6) is 0 Å². The van der Waals surface area contributed by atoms with Crippen LogP contribution in [-0.2, 0) is 17.8 Å². The molecule has 2 aliphatic rings. The van der Waals surface area contributed by atoms with Crippen molar-refractivity contribution in [2.75, 3.05) is 13.1 Å². The van der Waals surface area contributed by atoms with Gasteiger partial charge in [0.15, 0.2) is 0 Å². The summed E-state index contributed by atoms with van der Waals surface area (Å²) >= 11 is 0. The highest BCUT2D eigenvalue weighted by atomic mass is 19.1. The minimum atomic E-state index is -0.604. The highest BCUT2D eigenvalue weighted by Gasteiger charge is 2.24. The van der Waals surface area contributed by atoms with Crippen molar-refractivity contribution in [1.29, 1.82) is 10.8 Å². The predicted octanol–water partition coefficient (Wildman–Crippen LogP) is 4.70. The molecular formula is C27H34FN5O2. The van der Waals surface area contributed by atoms with E-state index in [-0.39, 0.29) is 23.0 Å². The minimum Gasteiger partial charge on any atom is -0.338 e. The van der Waals surface area contributed by atoms with Crippen LogP contribution in [0.4, 0.5) is 4.39 Å². The van der Waals surface area contributed by atoms with Crippen molar-refractivity contribution >= 4 is 23.5 Å². The molecule has 7 nitrogen and oxygen atoms in total. The topological polar surface area (TPSA) is 100 Å². The van der Waals surface area contributed by atoms with E-state index in [2.05, 4.69) is 11.9 Å². The second kappa shape index (κ2) is 11.7. The summed E-state index contributed by atoms with van der Waals surface area (Å²) < 4.78 is 14.7. The summed E-state index contributed by atoms with van der Waals surface area (Å²) in [4.78, 5) is 28.4. The molecular weight excluding hydrogens is 445 g/mol. The van der Waals surface area contributed by atoms with E-state index in [1.807, 2.05) is 6.92 Å². The molecule has 35 heavy (non-hydrogen) atoms. The van der Waals surface area contributed by atoms with Crippen LogP contribution in [0, 0.1) is 16.6 Å². The third-order valence-electron chi connectivity index (χ3n) is 6.30. The van der Waals surface area contributed by atoms with Crippen molar-refractivity contribution in [3.05, 3.63) is 70.7 Å². The molecule has 0 saturated carbocycles. The number of rotatable bonds is 7. The maximum absolute atomic E-state index is 14.7. The van der Waals surface area contributed by atoms with Crippen LogP contribution in [0.25, 0.3) is 0 Å². The molecule has 186 valence electrons. The predicted molar refractivity (Wildman–Crippen MR) is 136 cm³/mol. The van der Waals surface area contributed by atoms with Gasteiger partial charge in [-0.25, -0.2) is 4.39 Å². The number of hydrogen-bond donors (Lipinski definition) is 3. The van der Waals surface area contributed by atoms with Crippen LogP contribution in [0.3, 0.4) is 0 Å². The number of amides is 2. The fourth-order valence-corrected chi connectivity index (χ4v) is 4.27. The fourth-order valence-electron chi connectivity index (χ4n) is 4.27. The van der Waals surface area contributed by atoms with Gasteiger partial charge < -0.3 is 15.1 Å². The Labute approximate surface area is 206 Å². The Morgan fingerprint density at radius 3 is 2.69 bits per heavy atom. The Hall–Kier alpha value is -3.55. The molecule has 1 saturated heterocycles. The van der Waals surface area contributed by atoms with Crippen molar-refractivity contribution in [3.8, 4) is 0 Å². The minimum absolute atomic E-state index is 0.0700. The molecule has 0 spiro atoms. The molecule has 8 heteroatoms. The van der Waals surface area contributed by atoms with Gasteiger partial charge in [0.05, 0.1) is 5.56 Å². The number of nitrogens with zero attached hydrogens (tertiary/aromatic N) is 2. The molecule has 0 unspecified atom stereocenters. The average Bonchev–Trinajstić information content (AvgIpc) is 2.83. The molecule has 0 aromatic heterocycles. The molecule has 1 aromatic carbocycles. The number of likely N-dealkylation sites (tertiary alicyclic amines) is 1. The van der Waals surface area contributed by atoms with Crippen molar-refractivity contribution in [1.82, 2.24) is 15.1 Å². The second-order valence-corrected chi connectivity index (χ2v) is 9.01. The van der Waals surface area contributed by atoms with Crippen molar-refractivity contribution in [2.24, 2.45) is 0 Å². The van der Waals surface area contributed by atoms with E-state index in [4.69, 9.17) is 10.8 Å². The summed E-state index contributed by atoms with van der Waals surface area (Å²) in [5, 5.41) is 19.0. The summed E-state index contributed by atoms with van der Waals surface area (Å²) in [6, 6.07) is 2.92. The van der Waals surface area contributed by atoms with E-state index in [9.17, 15) is 14.0 Å². The normalized spacial score (nSPS) is 16.3. The summed E-state index contributed by atoms with van der Waals surface area (Å²) in [6.45, 7) is 9.17. The number of allylic oxidation sites excluding steroid dienone is 3. The van der Waals surface area contributed by atoms with E-state index < -0.39 is 11.7 Å². The maximum Gasteiger partial charge on any atom is 0.258 e. The molecule has 0 radical (unpaired) electrons. The van der Waals surface area contributed by atoms with E-state index in [0.717, 1.165) is 30.4 Å². The third kappa shape index (κ3) is 6.53. The molecule has 2 heterocycles. The Kier molecular flexibility index (Phi) is 8.73.